The minimum Gasteiger partial charge on any atom is -0.336 e. The summed E-state index contributed by atoms with van der Waals surface area (Å²) in [5, 5.41) is 2.90. The zero-order chi connectivity index (χ0) is 18.4. The standard InChI is InChI=1S/C21H25N3O2/c1-2-17-8-10-18(11-9-17)21(26)24-14-12-23(13-15-24)16-20(25)22-19-6-4-3-5-7-19/h3-11H,2,12-16H2,1H3,(H,22,25). The number of rotatable bonds is 5. The molecule has 2 aromatic rings. The average Bonchev–Trinajstić information content (AvgIpc) is 2.69. The molecule has 1 heterocycles. The summed E-state index contributed by atoms with van der Waals surface area (Å²) in [6, 6.07) is 17.3. The number of benzene rings is 2. The molecule has 1 fully saturated rings. The molecule has 1 N–H and O–H groups in total. The van der Waals surface area contributed by atoms with Gasteiger partial charge in [0, 0.05) is 37.4 Å². The Balaban J connectivity index is 1.47. The minimum atomic E-state index is -0.0221. The zero-order valence-corrected chi connectivity index (χ0v) is 15.1. The third kappa shape index (κ3) is 4.70. The lowest BCUT2D eigenvalue weighted by molar-refractivity contribution is -0.117. The van der Waals surface area contributed by atoms with Crippen LogP contribution < -0.4 is 5.32 Å². The Morgan fingerprint density at radius 2 is 1.58 bits per heavy atom. The molecule has 1 saturated heterocycles. The minimum absolute atomic E-state index is 0.0221. The molecule has 5 nitrogen and oxygen atoms in total. The van der Waals surface area contributed by atoms with Gasteiger partial charge in [0.05, 0.1) is 6.54 Å². The van der Waals surface area contributed by atoms with Crippen molar-refractivity contribution in [1.82, 2.24) is 9.80 Å². The molecular weight excluding hydrogens is 326 g/mol. The summed E-state index contributed by atoms with van der Waals surface area (Å²) in [5.74, 6) is 0.0483. The Labute approximate surface area is 154 Å². The average molecular weight is 351 g/mol. The van der Waals surface area contributed by atoms with Crippen molar-refractivity contribution in [2.75, 3.05) is 38.0 Å². The third-order valence-electron chi connectivity index (χ3n) is 4.69. The summed E-state index contributed by atoms with van der Waals surface area (Å²) in [4.78, 5) is 28.7. The van der Waals surface area contributed by atoms with Gasteiger partial charge in [0.15, 0.2) is 0 Å². The van der Waals surface area contributed by atoms with Crippen molar-refractivity contribution < 1.29 is 9.59 Å². The maximum absolute atomic E-state index is 12.6. The molecule has 3 rings (SSSR count). The van der Waals surface area contributed by atoms with Crippen LogP contribution in [-0.4, -0.2) is 54.3 Å². The van der Waals surface area contributed by atoms with Crippen molar-refractivity contribution >= 4 is 17.5 Å². The fourth-order valence-corrected chi connectivity index (χ4v) is 3.10. The fourth-order valence-electron chi connectivity index (χ4n) is 3.10. The van der Waals surface area contributed by atoms with Crippen LogP contribution in [0.5, 0.6) is 0 Å². The highest BCUT2D eigenvalue weighted by atomic mass is 16.2. The maximum Gasteiger partial charge on any atom is 0.253 e. The molecule has 1 aliphatic rings. The van der Waals surface area contributed by atoms with Gasteiger partial charge in [-0.05, 0) is 36.2 Å². The van der Waals surface area contributed by atoms with E-state index in [1.807, 2.05) is 59.5 Å². The second-order valence-electron chi connectivity index (χ2n) is 6.53. The Morgan fingerprint density at radius 1 is 0.923 bits per heavy atom. The van der Waals surface area contributed by atoms with Crippen LogP contribution in [0.2, 0.25) is 0 Å². The summed E-state index contributed by atoms with van der Waals surface area (Å²) < 4.78 is 0. The zero-order valence-electron chi connectivity index (χ0n) is 15.1. The Bertz CT molecular complexity index is 736. The number of carbonyl (C=O) groups is 2. The van der Waals surface area contributed by atoms with Crippen LogP contribution in [0.4, 0.5) is 5.69 Å². The molecule has 0 saturated carbocycles. The van der Waals surface area contributed by atoms with Gasteiger partial charge in [-0.15, -0.1) is 0 Å². The van der Waals surface area contributed by atoms with E-state index in [2.05, 4.69) is 17.1 Å². The van der Waals surface area contributed by atoms with E-state index in [1.54, 1.807) is 0 Å². The smallest absolute Gasteiger partial charge is 0.253 e. The van der Waals surface area contributed by atoms with Crippen molar-refractivity contribution in [2.24, 2.45) is 0 Å². The highest BCUT2D eigenvalue weighted by Crippen LogP contribution is 2.11. The third-order valence-corrected chi connectivity index (χ3v) is 4.69. The molecule has 136 valence electrons. The first-order valence-corrected chi connectivity index (χ1v) is 9.11. The summed E-state index contributed by atoms with van der Waals surface area (Å²) in [6.45, 7) is 5.16. The van der Waals surface area contributed by atoms with Gasteiger partial charge in [-0.2, -0.15) is 0 Å². The molecule has 26 heavy (non-hydrogen) atoms. The second kappa shape index (κ2) is 8.63. The number of hydrogen-bond acceptors (Lipinski definition) is 3. The van der Waals surface area contributed by atoms with Crippen LogP contribution in [-0.2, 0) is 11.2 Å². The Kier molecular flexibility index (Phi) is 6.02. The highest BCUT2D eigenvalue weighted by molar-refractivity contribution is 5.94. The number of nitrogens with zero attached hydrogens (tertiary/aromatic N) is 2. The molecule has 0 bridgehead atoms. The SMILES string of the molecule is CCc1ccc(C(=O)N2CCN(CC(=O)Nc3ccccc3)CC2)cc1. The Hall–Kier alpha value is -2.66. The van der Waals surface area contributed by atoms with E-state index in [-0.39, 0.29) is 11.8 Å². The first kappa shape index (κ1) is 18.1. The van der Waals surface area contributed by atoms with Crippen molar-refractivity contribution in [3.8, 4) is 0 Å². The van der Waals surface area contributed by atoms with Crippen molar-refractivity contribution in [1.29, 1.82) is 0 Å². The Morgan fingerprint density at radius 3 is 2.19 bits per heavy atom. The van der Waals surface area contributed by atoms with Crippen molar-refractivity contribution in [3.63, 3.8) is 0 Å². The van der Waals surface area contributed by atoms with E-state index in [4.69, 9.17) is 0 Å². The molecule has 0 atom stereocenters. The van der Waals surface area contributed by atoms with Gasteiger partial charge in [0.2, 0.25) is 5.91 Å². The number of piperazine rings is 1. The quantitative estimate of drug-likeness (QED) is 0.901. The predicted molar refractivity (Wildman–Crippen MR) is 103 cm³/mol. The fraction of sp³-hybridized carbons (Fsp3) is 0.333. The van der Waals surface area contributed by atoms with Crippen LogP contribution in [0, 0.1) is 0 Å². The van der Waals surface area contributed by atoms with Crippen LogP contribution in [0.3, 0.4) is 0 Å². The largest absolute Gasteiger partial charge is 0.336 e. The van der Waals surface area contributed by atoms with Crippen LogP contribution in [0.25, 0.3) is 0 Å². The first-order valence-electron chi connectivity index (χ1n) is 9.11. The number of para-hydroxylation sites is 1. The molecule has 2 aromatic carbocycles. The number of aryl methyl sites for hydroxylation is 1. The molecule has 0 spiro atoms. The summed E-state index contributed by atoms with van der Waals surface area (Å²) in [5.41, 5.74) is 2.77. The van der Waals surface area contributed by atoms with Crippen LogP contribution in [0.15, 0.2) is 54.6 Å². The summed E-state index contributed by atoms with van der Waals surface area (Å²) in [7, 11) is 0. The summed E-state index contributed by atoms with van der Waals surface area (Å²) >= 11 is 0. The number of anilines is 1. The summed E-state index contributed by atoms with van der Waals surface area (Å²) in [6.07, 6.45) is 0.970. The molecule has 2 amide bonds. The molecule has 1 aliphatic heterocycles. The van der Waals surface area contributed by atoms with Gasteiger partial charge in [0.25, 0.3) is 5.91 Å². The molecule has 0 radical (unpaired) electrons. The predicted octanol–water partition coefficient (Wildman–Crippen LogP) is 2.65. The number of hydrogen-bond donors (Lipinski definition) is 1. The lowest BCUT2D eigenvalue weighted by Crippen LogP contribution is -2.50. The van der Waals surface area contributed by atoms with Crippen LogP contribution >= 0.6 is 0 Å². The normalized spacial score (nSPS) is 14.9. The van der Waals surface area contributed by atoms with E-state index in [1.165, 1.54) is 5.56 Å². The topological polar surface area (TPSA) is 52.7 Å². The van der Waals surface area contributed by atoms with E-state index >= 15 is 0 Å². The number of nitrogens with one attached hydrogen (secondary N) is 1. The van der Waals surface area contributed by atoms with Crippen molar-refractivity contribution in [3.05, 3.63) is 65.7 Å². The first-order chi connectivity index (χ1) is 12.7. The maximum atomic E-state index is 12.6. The van der Waals surface area contributed by atoms with Crippen molar-refractivity contribution in [2.45, 2.75) is 13.3 Å². The molecule has 0 aromatic heterocycles. The lowest BCUT2D eigenvalue weighted by atomic mass is 10.1. The molecule has 5 heteroatoms. The van der Waals surface area contributed by atoms with Gasteiger partial charge >= 0.3 is 0 Å². The van der Waals surface area contributed by atoms with Gasteiger partial charge in [-0.25, -0.2) is 0 Å². The van der Waals surface area contributed by atoms with Crippen LogP contribution in [0.1, 0.15) is 22.8 Å². The van der Waals surface area contributed by atoms with Gasteiger partial charge in [-0.3, -0.25) is 14.5 Å². The van der Waals surface area contributed by atoms with Gasteiger partial charge in [-0.1, -0.05) is 37.3 Å². The molecular formula is C21H25N3O2. The second-order valence-corrected chi connectivity index (χ2v) is 6.53. The number of amides is 2. The van der Waals surface area contributed by atoms with E-state index in [0.717, 1.165) is 17.7 Å². The molecule has 0 aliphatic carbocycles. The number of carbonyl (C=O) groups excluding carboxylic acids is 2. The lowest BCUT2D eigenvalue weighted by Gasteiger charge is -2.34. The van der Waals surface area contributed by atoms with E-state index in [9.17, 15) is 9.59 Å². The van der Waals surface area contributed by atoms with Gasteiger partial charge in [0.1, 0.15) is 0 Å². The van der Waals surface area contributed by atoms with Gasteiger partial charge < -0.3 is 10.2 Å². The molecule has 0 unspecified atom stereocenters. The highest BCUT2D eigenvalue weighted by Gasteiger charge is 2.23. The van der Waals surface area contributed by atoms with E-state index in [0.29, 0.717) is 32.7 Å². The monoisotopic (exact) mass is 351 g/mol. The van der Waals surface area contributed by atoms with E-state index < -0.39 is 0 Å².